The maximum Gasteiger partial charge on any atom is 0.0938 e. The van der Waals surface area contributed by atoms with Gasteiger partial charge in [0.25, 0.3) is 0 Å². The molecule has 2 atom stereocenters. The summed E-state index contributed by atoms with van der Waals surface area (Å²) in [6, 6.07) is 0.378. The van der Waals surface area contributed by atoms with Crippen molar-refractivity contribution in [3.05, 3.63) is 0 Å². The van der Waals surface area contributed by atoms with Crippen molar-refractivity contribution in [2.24, 2.45) is 5.73 Å². The molecule has 2 unspecified atom stereocenters. The lowest BCUT2D eigenvalue weighted by Gasteiger charge is -2.36. The van der Waals surface area contributed by atoms with E-state index in [0.717, 1.165) is 13.0 Å². The zero-order valence-corrected chi connectivity index (χ0v) is 10.6. The van der Waals surface area contributed by atoms with E-state index >= 15 is 0 Å². The Bertz CT molecular complexity index is 136. The van der Waals surface area contributed by atoms with E-state index < -0.39 is 0 Å². The zero-order chi connectivity index (χ0) is 11.0. The minimum atomic E-state index is 0.378. The summed E-state index contributed by atoms with van der Waals surface area (Å²) in [5.41, 5.74) is 6.05. The highest BCUT2D eigenvalue weighted by molar-refractivity contribution is 4.57. The summed E-state index contributed by atoms with van der Waals surface area (Å²) < 4.78 is 1.17. The van der Waals surface area contributed by atoms with Gasteiger partial charge in [-0.05, 0) is 19.3 Å². The fourth-order valence-electron chi connectivity index (χ4n) is 2.07. The number of likely N-dealkylation sites (N-methyl/N-ethyl adjacent to an activating group) is 1. The molecule has 0 rings (SSSR count). The molecule has 2 nitrogen and oxygen atoms in total. The Morgan fingerprint density at radius 1 is 1.07 bits per heavy atom. The molecule has 0 bridgehead atoms. The molecule has 86 valence electrons. The molecule has 0 saturated heterocycles. The lowest BCUT2D eigenvalue weighted by atomic mass is 10.1. The highest BCUT2D eigenvalue weighted by Crippen LogP contribution is 2.09. The van der Waals surface area contributed by atoms with E-state index in [1.54, 1.807) is 0 Å². The molecule has 0 aromatic carbocycles. The van der Waals surface area contributed by atoms with Gasteiger partial charge in [-0.15, -0.1) is 0 Å². The number of rotatable bonds is 8. The second-order valence-corrected chi connectivity index (χ2v) is 4.77. The van der Waals surface area contributed by atoms with Gasteiger partial charge in [-0.2, -0.15) is 0 Å². The van der Waals surface area contributed by atoms with Crippen LogP contribution in [0.2, 0.25) is 0 Å². The Balaban J connectivity index is 4.07. The molecule has 2 N–H and O–H groups in total. The van der Waals surface area contributed by atoms with E-state index in [1.807, 2.05) is 0 Å². The molecule has 14 heavy (non-hydrogen) atoms. The molecule has 0 aliphatic rings. The molecule has 0 aromatic rings. The third-order valence-electron chi connectivity index (χ3n) is 3.01. The summed E-state index contributed by atoms with van der Waals surface area (Å²) in [4.78, 5) is 0. The van der Waals surface area contributed by atoms with Gasteiger partial charge >= 0.3 is 0 Å². The topological polar surface area (TPSA) is 26.0 Å². The van der Waals surface area contributed by atoms with Crippen molar-refractivity contribution in [1.82, 2.24) is 0 Å². The second-order valence-electron chi connectivity index (χ2n) is 4.77. The molecule has 0 aliphatic carbocycles. The van der Waals surface area contributed by atoms with Crippen LogP contribution >= 0.6 is 0 Å². The lowest BCUT2D eigenvalue weighted by molar-refractivity contribution is -0.910. The van der Waals surface area contributed by atoms with Crippen molar-refractivity contribution < 1.29 is 4.48 Å². The quantitative estimate of drug-likeness (QED) is 0.600. The number of nitrogens with zero attached hydrogens (tertiary/aromatic N) is 1. The predicted octanol–water partition coefficient (Wildman–Crippen LogP) is 2.38. The van der Waals surface area contributed by atoms with E-state index in [2.05, 4.69) is 27.8 Å². The first-order chi connectivity index (χ1) is 6.58. The van der Waals surface area contributed by atoms with Crippen molar-refractivity contribution in [3.8, 4) is 0 Å². The van der Waals surface area contributed by atoms with Gasteiger partial charge in [-0.25, -0.2) is 0 Å². The number of unbranched alkanes of at least 4 members (excludes halogenated alkanes) is 1. The van der Waals surface area contributed by atoms with Crippen molar-refractivity contribution >= 4 is 0 Å². The van der Waals surface area contributed by atoms with Crippen molar-refractivity contribution in [2.75, 3.05) is 26.7 Å². The average molecular weight is 201 g/mol. The van der Waals surface area contributed by atoms with Crippen LogP contribution in [0.3, 0.4) is 0 Å². The minimum absolute atomic E-state index is 0.378. The maximum atomic E-state index is 6.05. The summed E-state index contributed by atoms with van der Waals surface area (Å²) in [6.07, 6.45) is 4.98. The first kappa shape index (κ1) is 13.9. The van der Waals surface area contributed by atoms with Crippen molar-refractivity contribution in [3.63, 3.8) is 0 Å². The third kappa shape index (κ3) is 5.61. The second kappa shape index (κ2) is 7.24. The highest BCUT2D eigenvalue weighted by atomic mass is 15.3. The molecule has 0 fully saturated rings. The molecule has 0 spiro atoms. The van der Waals surface area contributed by atoms with E-state index in [-0.39, 0.29) is 0 Å². The normalized spacial score (nSPS) is 17.8. The molecule has 0 heterocycles. The van der Waals surface area contributed by atoms with Crippen LogP contribution < -0.4 is 5.73 Å². The van der Waals surface area contributed by atoms with Gasteiger partial charge in [0, 0.05) is 0 Å². The van der Waals surface area contributed by atoms with Crippen LogP contribution in [0.4, 0.5) is 0 Å². The van der Waals surface area contributed by atoms with Crippen LogP contribution in [-0.2, 0) is 0 Å². The smallest absolute Gasteiger partial charge is 0.0938 e. The summed E-state index contributed by atoms with van der Waals surface area (Å²) in [6.45, 7) is 10.4. The van der Waals surface area contributed by atoms with Gasteiger partial charge in [-0.1, -0.05) is 27.2 Å². The Morgan fingerprint density at radius 3 is 2.14 bits per heavy atom. The minimum Gasteiger partial charge on any atom is -0.325 e. The Morgan fingerprint density at radius 2 is 1.71 bits per heavy atom. The maximum absolute atomic E-state index is 6.05. The van der Waals surface area contributed by atoms with Gasteiger partial charge in [-0.3, -0.25) is 0 Å². The predicted molar refractivity (Wildman–Crippen MR) is 64.3 cm³/mol. The third-order valence-corrected chi connectivity index (χ3v) is 3.01. The monoisotopic (exact) mass is 201 g/mol. The fraction of sp³-hybridized carbons (Fsp3) is 1.00. The van der Waals surface area contributed by atoms with Gasteiger partial charge < -0.3 is 10.2 Å². The van der Waals surface area contributed by atoms with Gasteiger partial charge in [0.15, 0.2) is 0 Å². The number of nitrogens with two attached hydrogens (primary N) is 1. The van der Waals surface area contributed by atoms with Gasteiger partial charge in [0.2, 0.25) is 0 Å². The van der Waals surface area contributed by atoms with Crippen LogP contribution in [0.15, 0.2) is 0 Å². The number of hydrogen-bond acceptors (Lipinski definition) is 1. The van der Waals surface area contributed by atoms with E-state index in [1.165, 1.54) is 36.8 Å². The van der Waals surface area contributed by atoms with Crippen LogP contribution in [0, 0.1) is 0 Å². The number of quaternary nitrogens is 1. The average Bonchev–Trinajstić information content (AvgIpc) is 2.15. The first-order valence-electron chi connectivity index (χ1n) is 6.17. The molecule has 2 heteroatoms. The van der Waals surface area contributed by atoms with Crippen LogP contribution in [0.1, 0.15) is 46.5 Å². The number of hydrogen-bond donors (Lipinski definition) is 1. The van der Waals surface area contributed by atoms with Crippen molar-refractivity contribution in [1.29, 1.82) is 0 Å². The fourth-order valence-corrected chi connectivity index (χ4v) is 2.07. The summed E-state index contributed by atoms with van der Waals surface area (Å²) in [5.74, 6) is 0. The summed E-state index contributed by atoms with van der Waals surface area (Å²) in [5, 5.41) is 0. The van der Waals surface area contributed by atoms with Crippen molar-refractivity contribution in [2.45, 2.75) is 52.5 Å². The zero-order valence-electron chi connectivity index (χ0n) is 10.6. The van der Waals surface area contributed by atoms with Crippen LogP contribution in [-0.4, -0.2) is 37.2 Å². The van der Waals surface area contributed by atoms with Gasteiger partial charge in [0.05, 0.1) is 32.7 Å². The Hall–Kier alpha value is -0.0800. The molecule has 0 amide bonds. The summed E-state index contributed by atoms with van der Waals surface area (Å²) >= 11 is 0. The lowest BCUT2D eigenvalue weighted by Crippen LogP contribution is -2.51. The Labute approximate surface area is 90.1 Å². The van der Waals surface area contributed by atoms with Gasteiger partial charge in [0.1, 0.15) is 0 Å². The molecular weight excluding hydrogens is 172 g/mol. The SMILES string of the molecule is CCCC[N+](C)(CCC)CC(N)CC. The molecule has 0 aliphatic heterocycles. The molecule has 0 radical (unpaired) electrons. The highest BCUT2D eigenvalue weighted by Gasteiger charge is 2.22. The van der Waals surface area contributed by atoms with Crippen LogP contribution in [0.25, 0.3) is 0 Å². The van der Waals surface area contributed by atoms with Crippen LogP contribution in [0.5, 0.6) is 0 Å². The molecule has 0 aromatic heterocycles. The molecular formula is C12H29N2+. The van der Waals surface area contributed by atoms with E-state index in [9.17, 15) is 0 Å². The van der Waals surface area contributed by atoms with E-state index in [0.29, 0.717) is 6.04 Å². The standard InChI is InChI=1S/C12H29N2/c1-5-8-10-14(4,9-6-2)11-12(13)7-3/h12H,5-11,13H2,1-4H3/q+1. The van der Waals surface area contributed by atoms with E-state index in [4.69, 9.17) is 5.73 Å². The molecule has 0 saturated carbocycles. The largest absolute Gasteiger partial charge is 0.325 e. The summed E-state index contributed by atoms with van der Waals surface area (Å²) in [7, 11) is 2.36. The Kier molecular flexibility index (Phi) is 7.20. The first-order valence-corrected chi connectivity index (χ1v) is 6.17.